The van der Waals surface area contributed by atoms with E-state index in [0.717, 1.165) is 75.1 Å². The normalized spacial score (nSPS) is 13.3. The number of ether oxygens (including phenoxy) is 2. The number of nitrogens with zero attached hydrogens (tertiary/aromatic N) is 3. The summed E-state index contributed by atoms with van der Waals surface area (Å²) in [6.45, 7) is 7.88. The van der Waals surface area contributed by atoms with Crippen molar-refractivity contribution in [2.24, 2.45) is 10.3 Å². The van der Waals surface area contributed by atoms with E-state index in [2.05, 4.69) is 46.8 Å². The Bertz CT molecular complexity index is 2270. The molecule has 0 aromatic heterocycles. The molecule has 0 radical (unpaired) electrons. The zero-order valence-corrected chi connectivity index (χ0v) is 38.8. The monoisotopic (exact) mass is 1070 g/mol. The minimum Gasteiger partial charge on any atom is -0.493 e. The predicted molar refractivity (Wildman–Crippen MR) is 241 cm³/mol. The first-order chi connectivity index (χ1) is 31.4. The van der Waals surface area contributed by atoms with Crippen LogP contribution in [0.5, 0.6) is 11.5 Å². The number of aryl methyl sites for hydroxylation is 1. The number of unbranched alkanes of at least 4 members (excludes halogenated alkanes) is 2. The standard InChI is InChI=1S/C48H49F13IN3O2/c1-4-7-28-66-41-31-40(62)42(67-29-8-5-2)30-38(41)22-19-34-12-9-33(10-13-34)11-14-35-20-23-39(24-21-35)63-64-65(27-6-3)32-37-17-15-36(16-18-37)25-26-43(49,50)44(51,52)45(53,54)46(55,56)47(57,58)48(59,60)61/h9-24,30-31H,4-8,25-29,32H2,1-3H3/b14-11+,22-19+,64-63?. The van der Waals surface area contributed by atoms with Gasteiger partial charge in [-0.1, -0.05) is 124 Å². The number of hydrogen-bond acceptors (Lipinski definition) is 4. The molecule has 0 aliphatic carbocycles. The van der Waals surface area contributed by atoms with Crippen molar-refractivity contribution in [3.05, 3.63) is 122 Å². The van der Waals surface area contributed by atoms with Gasteiger partial charge in [0.25, 0.3) is 0 Å². The smallest absolute Gasteiger partial charge is 0.460 e. The van der Waals surface area contributed by atoms with E-state index in [1.807, 2.05) is 79.8 Å². The Morgan fingerprint density at radius 2 is 1.03 bits per heavy atom. The first-order valence-corrected chi connectivity index (χ1v) is 22.3. The van der Waals surface area contributed by atoms with Crippen LogP contribution < -0.4 is 9.47 Å². The average molecular weight is 1070 g/mol. The summed E-state index contributed by atoms with van der Waals surface area (Å²) in [6, 6.07) is 24.2. The molecule has 4 aromatic rings. The quantitative estimate of drug-likeness (QED) is 0.0166. The minimum atomic E-state index is -7.92. The third-order valence-electron chi connectivity index (χ3n) is 10.2. The second-order valence-corrected chi connectivity index (χ2v) is 16.7. The molecule has 0 aliphatic heterocycles. The SMILES string of the molecule is CCCCOc1cc(/C=C/c2ccc(/C=C/c3ccc(N=NN(CCC)Cc4ccc(CCC(F)(F)C(F)(F)C(F)(F)C(F)(F)C(F)(F)C(F)(F)F)cc4)cc3)cc2)c(OCCCC)cc1I. The predicted octanol–water partition coefficient (Wildman–Crippen LogP) is 16.6. The van der Waals surface area contributed by atoms with Gasteiger partial charge < -0.3 is 9.47 Å². The molecule has 0 spiro atoms. The van der Waals surface area contributed by atoms with Gasteiger partial charge >= 0.3 is 35.8 Å². The van der Waals surface area contributed by atoms with Crippen LogP contribution in [-0.2, 0) is 13.0 Å². The maximum atomic E-state index is 14.3. The topological polar surface area (TPSA) is 46.4 Å². The first kappa shape index (κ1) is 54.8. The highest BCUT2D eigenvalue weighted by Crippen LogP contribution is 2.60. The highest BCUT2D eigenvalue weighted by atomic mass is 127. The van der Waals surface area contributed by atoms with Gasteiger partial charge in [0.15, 0.2) is 0 Å². The Morgan fingerprint density at radius 3 is 1.54 bits per heavy atom. The molecule has 0 fully saturated rings. The van der Waals surface area contributed by atoms with Crippen LogP contribution in [-0.4, -0.2) is 60.6 Å². The molecule has 0 saturated heterocycles. The van der Waals surface area contributed by atoms with Gasteiger partial charge in [0.1, 0.15) is 11.5 Å². The molecule has 366 valence electrons. The van der Waals surface area contributed by atoms with E-state index in [1.165, 1.54) is 12.1 Å². The van der Waals surface area contributed by atoms with Crippen molar-refractivity contribution in [3.8, 4) is 11.5 Å². The Morgan fingerprint density at radius 1 is 0.552 bits per heavy atom. The molecule has 0 amide bonds. The summed E-state index contributed by atoms with van der Waals surface area (Å²) in [6.07, 6.45) is 1.65. The Hall–Kier alpha value is -4.82. The minimum absolute atomic E-state index is 0.116. The van der Waals surface area contributed by atoms with E-state index in [9.17, 15) is 57.1 Å². The summed E-state index contributed by atoms with van der Waals surface area (Å²) >= 11 is 2.27. The summed E-state index contributed by atoms with van der Waals surface area (Å²) in [4.78, 5) is 0. The number of hydrogen-bond donors (Lipinski definition) is 0. The van der Waals surface area contributed by atoms with Crippen molar-refractivity contribution in [1.82, 2.24) is 5.01 Å². The van der Waals surface area contributed by atoms with Crippen LogP contribution >= 0.6 is 22.6 Å². The fourth-order valence-corrected chi connectivity index (χ4v) is 6.72. The van der Waals surface area contributed by atoms with Crippen molar-refractivity contribution in [2.45, 2.75) is 108 Å². The van der Waals surface area contributed by atoms with Gasteiger partial charge in [0.2, 0.25) is 0 Å². The Labute approximate surface area is 394 Å². The van der Waals surface area contributed by atoms with E-state index in [4.69, 9.17) is 9.47 Å². The molecule has 0 bridgehead atoms. The molecule has 4 aromatic carbocycles. The number of alkyl halides is 13. The molecule has 0 saturated carbocycles. The van der Waals surface area contributed by atoms with Crippen LogP contribution in [0, 0.1) is 3.57 Å². The molecule has 67 heavy (non-hydrogen) atoms. The van der Waals surface area contributed by atoms with Crippen LogP contribution in [0.25, 0.3) is 24.3 Å². The van der Waals surface area contributed by atoms with Crippen LogP contribution in [0.15, 0.2) is 95.3 Å². The molecular weight excluding hydrogens is 1020 g/mol. The zero-order chi connectivity index (χ0) is 49.7. The van der Waals surface area contributed by atoms with Gasteiger partial charge in [0, 0.05) is 18.5 Å². The van der Waals surface area contributed by atoms with Gasteiger partial charge in [0.05, 0.1) is 29.0 Å². The summed E-state index contributed by atoms with van der Waals surface area (Å²) in [5.41, 5.74) is 4.62. The van der Waals surface area contributed by atoms with Gasteiger partial charge in [-0.05, 0) is 100 Å². The molecule has 0 unspecified atom stereocenters. The molecule has 0 heterocycles. The second-order valence-electron chi connectivity index (χ2n) is 15.5. The number of rotatable bonds is 25. The highest BCUT2D eigenvalue weighted by molar-refractivity contribution is 14.1. The van der Waals surface area contributed by atoms with Gasteiger partial charge in [-0.2, -0.15) is 57.1 Å². The molecule has 0 atom stereocenters. The summed E-state index contributed by atoms with van der Waals surface area (Å²) in [7, 11) is 0. The van der Waals surface area contributed by atoms with E-state index < -0.39 is 48.6 Å². The van der Waals surface area contributed by atoms with Gasteiger partial charge in [-0.25, -0.2) is 0 Å². The van der Waals surface area contributed by atoms with Crippen LogP contribution in [0.3, 0.4) is 0 Å². The number of benzene rings is 4. The van der Waals surface area contributed by atoms with E-state index in [0.29, 0.717) is 37.4 Å². The fourth-order valence-electron chi connectivity index (χ4n) is 6.13. The molecule has 0 aliphatic rings. The second kappa shape index (κ2) is 23.5. The summed E-state index contributed by atoms with van der Waals surface area (Å²) in [5.74, 6) is -35.3. The first-order valence-electron chi connectivity index (χ1n) is 21.3. The average Bonchev–Trinajstić information content (AvgIpc) is 3.27. The lowest BCUT2D eigenvalue weighted by Gasteiger charge is -2.39. The van der Waals surface area contributed by atoms with E-state index in [-0.39, 0.29) is 12.1 Å². The Balaban J connectivity index is 1.35. The van der Waals surface area contributed by atoms with Crippen molar-refractivity contribution in [3.63, 3.8) is 0 Å². The molecular formula is C48H49F13IN3O2. The largest absolute Gasteiger partial charge is 0.493 e. The van der Waals surface area contributed by atoms with E-state index in [1.54, 1.807) is 17.1 Å². The summed E-state index contributed by atoms with van der Waals surface area (Å²) < 4.78 is 188. The maximum Gasteiger partial charge on any atom is 0.460 e. The third kappa shape index (κ3) is 13.9. The molecule has 19 heteroatoms. The van der Waals surface area contributed by atoms with Gasteiger partial charge in [-0.3, -0.25) is 5.01 Å². The third-order valence-corrected chi connectivity index (χ3v) is 11.1. The van der Waals surface area contributed by atoms with Crippen molar-refractivity contribution < 1.29 is 66.5 Å². The highest BCUT2D eigenvalue weighted by Gasteiger charge is 2.90. The molecule has 0 N–H and O–H groups in total. The lowest BCUT2D eigenvalue weighted by atomic mass is 9.91. The van der Waals surface area contributed by atoms with E-state index >= 15 is 0 Å². The van der Waals surface area contributed by atoms with Crippen molar-refractivity contribution >= 4 is 52.6 Å². The molecule has 4 rings (SSSR count). The fraction of sp³-hybridized carbons (Fsp3) is 0.417. The van der Waals surface area contributed by atoms with Crippen molar-refractivity contribution in [2.75, 3.05) is 19.8 Å². The van der Waals surface area contributed by atoms with Gasteiger partial charge in [-0.15, -0.1) is 5.11 Å². The van der Waals surface area contributed by atoms with Crippen LogP contribution in [0.2, 0.25) is 0 Å². The maximum absolute atomic E-state index is 14.3. The molecule has 5 nitrogen and oxygen atoms in total. The lowest BCUT2D eigenvalue weighted by Crippen LogP contribution is -2.70. The van der Waals surface area contributed by atoms with Crippen LogP contribution in [0.4, 0.5) is 62.8 Å². The lowest BCUT2D eigenvalue weighted by molar-refractivity contribution is -0.440. The van der Waals surface area contributed by atoms with Crippen molar-refractivity contribution in [1.29, 1.82) is 0 Å². The number of halogens is 14. The van der Waals surface area contributed by atoms with Crippen LogP contribution in [0.1, 0.15) is 92.7 Å². The Kier molecular flexibility index (Phi) is 19.2. The zero-order valence-electron chi connectivity index (χ0n) is 36.6. The summed E-state index contributed by atoms with van der Waals surface area (Å²) in [5, 5.41) is 10.1.